The standard InChI is InChI=1S/C23H23ClN4O3S/c1-14-20(22(30)27(2)3)21(15-6-8-16(24)9-7-15)28-17(13-32-23(28)26-14)11-19(29)25-12-18-5-4-10-31-18/h4-10,13,21H,11-12H2,1-3H3,(H,25,29)/t21-/m0/s1. The summed E-state index contributed by atoms with van der Waals surface area (Å²) >= 11 is 7.56. The van der Waals surface area contributed by atoms with Gasteiger partial charge in [0.15, 0.2) is 5.17 Å². The highest BCUT2D eigenvalue weighted by atomic mass is 35.5. The SMILES string of the molecule is CC1=C(C(=O)N(C)C)[C@H](c2ccc(Cl)cc2)N2C(CC(=O)NCc3ccco3)=CSC2=N1. The van der Waals surface area contributed by atoms with Crippen molar-refractivity contribution in [1.29, 1.82) is 0 Å². The van der Waals surface area contributed by atoms with Crippen LogP contribution in [0.1, 0.15) is 30.7 Å². The number of fused-ring (bicyclic) bond motifs is 1. The molecule has 0 spiro atoms. The van der Waals surface area contributed by atoms with Gasteiger partial charge in [0.05, 0.1) is 36.5 Å². The first kappa shape index (κ1) is 22.2. The first-order chi connectivity index (χ1) is 15.3. The van der Waals surface area contributed by atoms with E-state index in [9.17, 15) is 9.59 Å². The van der Waals surface area contributed by atoms with E-state index in [-0.39, 0.29) is 18.2 Å². The number of carbonyl (C=O) groups is 2. The van der Waals surface area contributed by atoms with Crippen molar-refractivity contribution in [2.24, 2.45) is 4.99 Å². The zero-order chi connectivity index (χ0) is 22.8. The Morgan fingerprint density at radius 2 is 2.00 bits per heavy atom. The predicted molar refractivity (Wildman–Crippen MR) is 126 cm³/mol. The Bertz CT molecular complexity index is 1120. The summed E-state index contributed by atoms with van der Waals surface area (Å²) in [4.78, 5) is 34.0. The van der Waals surface area contributed by atoms with E-state index in [1.165, 1.54) is 11.8 Å². The van der Waals surface area contributed by atoms with Gasteiger partial charge < -0.3 is 19.5 Å². The van der Waals surface area contributed by atoms with Crippen LogP contribution in [0.5, 0.6) is 0 Å². The van der Waals surface area contributed by atoms with Crippen molar-refractivity contribution in [3.63, 3.8) is 0 Å². The average molecular weight is 471 g/mol. The van der Waals surface area contributed by atoms with Crippen molar-refractivity contribution >= 4 is 40.3 Å². The summed E-state index contributed by atoms with van der Waals surface area (Å²) in [7, 11) is 3.44. The molecule has 2 aliphatic heterocycles. The zero-order valence-corrected chi connectivity index (χ0v) is 19.5. The molecule has 7 nitrogen and oxygen atoms in total. The molecule has 1 atom stereocenters. The number of hydrogen-bond donors (Lipinski definition) is 1. The number of allylic oxidation sites excluding steroid dienone is 1. The number of amidine groups is 1. The van der Waals surface area contributed by atoms with E-state index in [2.05, 4.69) is 10.3 Å². The van der Waals surface area contributed by atoms with Crippen LogP contribution >= 0.6 is 23.4 Å². The highest BCUT2D eigenvalue weighted by molar-refractivity contribution is 8.16. The van der Waals surface area contributed by atoms with Crippen LogP contribution in [0, 0.1) is 0 Å². The van der Waals surface area contributed by atoms with Crippen molar-refractivity contribution in [1.82, 2.24) is 15.1 Å². The number of rotatable bonds is 6. The molecule has 0 bridgehead atoms. The first-order valence-electron chi connectivity index (χ1n) is 10.1. The maximum Gasteiger partial charge on any atom is 0.253 e. The number of hydrogen-bond acceptors (Lipinski definition) is 6. The van der Waals surface area contributed by atoms with Crippen molar-refractivity contribution in [2.75, 3.05) is 14.1 Å². The quantitative estimate of drug-likeness (QED) is 0.680. The van der Waals surface area contributed by atoms with Gasteiger partial charge in [0, 0.05) is 24.8 Å². The molecule has 0 saturated carbocycles. The number of thioether (sulfide) groups is 1. The van der Waals surface area contributed by atoms with E-state index >= 15 is 0 Å². The van der Waals surface area contributed by atoms with Gasteiger partial charge >= 0.3 is 0 Å². The minimum atomic E-state index is -0.409. The fourth-order valence-electron chi connectivity index (χ4n) is 3.67. The fraction of sp³-hybridized carbons (Fsp3) is 0.261. The van der Waals surface area contributed by atoms with E-state index in [1.807, 2.05) is 35.4 Å². The molecule has 0 unspecified atom stereocenters. The van der Waals surface area contributed by atoms with Crippen LogP contribution in [0.25, 0.3) is 0 Å². The molecule has 4 rings (SSSR count). The maximum absolute atomic E-state index is 13.1. The largest absolute Gasteiger partial charge is 0.467 e. The van der Waals surface area contributed by atoms with Gasteiger partial charge in [-0.1, -0.05) is 35.5 Å². The summed E-state index contributed by atoms with van der Waals surface area (Å²) in [6.07, 6.45) is 1.72. The van der Waals surface area contributed by atoms with Crippen LogP contribution in [0.3, 0.4) is 0 Å². The highest BCUT2D eigenvalue weighted by Gasteiger charge is 2.40. The molecular weight excluding hydrogens is 448 g/mol. The number of aliphatic imine (C=N–C) groups is 1. The third-order valence-electron chi connectivity index (χ3n) is 5.20. The van der Waals surface area contributed by atoms with Gasteiger partial charge in [-0.2, -0.15) is 0 Å². The molecular formula is C23H23ClN4O3S. The molecule has 32 heavy (non-hydrogen) atoms. The average Bonchev–Trinajstić information content (AvgIpc) is 3.41. The van der Waals surface area contributed by atoms with Gasteiger partial charge in [-0.3, -0.25) is 9.59 Å². The topological polar surface area (TPSA) is 78.2 Å². The summed E-state index contributed by atoms with van der Waals surface area (Å²) < 4.78 is 5.28. The lowest BCUT2D eigenvalue weighted by Crippen LogP contribution is -2.40. The number of carbonyl (C=O) groups excluding carboxylic acids is 2. The molecule has 9 heteroatoms. The molecule has 2 amide bonds. The fourth-order valence-corrected chi connectivity index (χ4v) is 4.76. The van der Waals surface area contributed by atoms with Crippen LogP contribution in [0.2, 0.25) is 5.02 Å². The molecule has 1 aromatic carbocycles. The van der Waals surface area contributed by atoms with Crippen molar-refractivity contribution in [3.8, 4) is 0 Å². The Hall–Kier alpha value is -2.97. The molecule has 0 aliphatic carbocycles. The van der Waals surface area contributed by atoms with E-state index in [0.29, 0.717) is 28.6 Å². The molecule has 0 radical (unpaired) electrons. The van der Waals surface area contributed by atoms with Crippen LogP contribution in [-0.2, 0) is 16.1 Å². The Labute approximate surface area is 195 Å². The summed E-state index contributed by atoms with van der Waals surface area (Å²) in [5.41, 5.74) is 2.92. The number of halogens is 1. The van der Waals surface area contributed by atoms with Crippen LogP contribution < -0.4 is 5.32 Å². The second-order valence-electron chi connectivity index (χ2n) is 7.68. The third-order valence-corrected chi connectivity index (χ3v) is 6.35. The normalized spacial score (nSPS) is 17.6. The lowest BCUT2D eigenvalue weighted by Gasteiger charge is -2.37. The molecule has 3 heterocycles. The number of nitrogens with zero attached hydrogens (tertiary/aromatic N) is 3. The van der Waals surface area contributed by atoms with Crippen molar-refractivity contribution in [3.05, 3.63) is 81.4 Å². The third kappa shape index (κ3) is 4.47. The van der Waals surface area contributed by atoms with Gasteiger partial charge in [0.2, 0.25) is 5.91 Å². The molecule has 166 valence electrons. The van der Waals surface area contributed by atoms with E-state index in [0.717, 1.165) is 16.4 Å². The number of nitrogens with one attached hydrogen (secondary N) is 1. The van der Waals surface area contributed by atoms with Gasteiger partial charge in [-0.15, -0.1) is 0 Å². The number of likely N-dealkylation sites (N-methyl/N-ethyl adjacent to an activating group) is 1. The van der Waals surface area contributed by atoms with Crippen molar-refractivity contribution < 1.29 is 14.0 Å². The lowest BCUT2D eigenvalue weighted by molar-refractivity contribution is -0.125. The zero-order valence-electron chi connectivity index (χ0n) is 18.0. The van der Waals surface area contributed by atoms with Gasteiger partial charge in [0.25, 0.3) is 5.91 Å². The number of benzene rings is 1. The number of amides is 2. The van der Waals surface area contributed by atoms with E-state index in [4.69, 9.17) is 16.0 Å². The summed E-state index contributed by atoms with van der Waals surface area (Å²) in [6, 6.07) is 10.6. The Kier molecular flexibility index (Phi) is 6.43. The molecule has 2 aliphatic rings. The first-order valence-corrected chi connectivity index (χ1v) is 11.3. The molecule has 2 aromatic rings. The Morgan fingerprint density at radius 3 is 2.66 bits per heavy atom. The highest BCUT2D eigenvalue weighted by Crippen LogP contribution is 2.45. The van der Waals surface area contributed by atoms with E-state index in [1.54, 1.807) is 43.5 Å². The van der Waals surface area contributed by atoms with Crippen LogP contribution in [0.15, 0.2) is 74.4 Å². The van der Waals surface area contributed by atoms with Crippen molar-refractivity contribution in [2.45, 2.75) is 25.9 Å². The molecule has 1 N–H and O–H groups in total. The number of furan rings is 1. The Morgan fingerprint density at radius 1 is 1.25 bits per heavy atom. The summed E-state index contributed by atoms with van der Waals surface area (Å²) in [5.74, 6) is 0.421. The lowest BCUT2D eigenvalue weighted by atomic mass is 9.93. The van der Waals surface area contributed by atoms with Crippen LogP contribution in [-0.4, -0.2) is 40.9 Å². The predicted octanol–water partition coefficient (Wildman–Crippen LogP) is 4.30. The van der Waals surface area contributed by atoms with Crippen LogP contribution in [0.4, 0.5) is 0 Å². The summed E-state index contributed by atoms with van der Waals surface area (Å²) in [5, 5.41) is 6.15. The minimum absolute atomic E-state index is 0.122. The van der Waals surface area contributed by atoms with E-state index < -0.39 is 6.04 Å². The molecule has 0 saturated heterocycles. The minimum Gasteiger partial charge on any atom is -0.467 e. The van der Waals surface area contributed by atoms with Gasteiger partial charge in [-0.05, 0) is 42.2 Å². The smallest absolute Gasteiger partial charge is 0.253 e. The second kappa shape index (κ2) is 9.26. The van der Waals surface area contributed by atoms with Gasteiger partial charge in [-0.25, -0.2) is 4.99 Å². The van der Waals surface area contributed by atoms with Gasteiger partial charge in [0.1, 0.15) is 5.76 Å². The molecule has 1 aromatic heterocycles. The molecule has 0 fully saturated rings. The monoisotopic (exact) mass is 470 g/mol. The Balaban J connectivity index is 1.64. The summed E-state index contributed by atoms with van der Waals surface area (Å²) in [6.45, 7) is 2.16. The second-order valence-corrected chi connectivity index (χ2v) is 8.95. The maximum atomic E-state index is 13.1.